The van der Waals surface area contributed by atoms with Crippen LogP contribution in [-0.4, -0.2) is 9.96 Å². The Balaban J connectivity index is 2.11. The molecule has 1 aliphatic carbocycles. The van der Waals surface area contributed by atoms with Gasteiger partial charge < -0.3 is 0 Å². The lowest BCUT2D eigenvalue weighted by molar-refractivity contribution is 0.237. The van der Waals surface area contributed by atoms with E-state index in [2.05, 4.69) is 6.92 Å². The van der Waals surface area contributed by atoms with Gasteiger partial charge in [-0.3, -0.25) is 5.14 Å². The zero-order valence-electron chi connectivity index (χ0n) is 5.67. The van der Waals surface area contributed by atoms with Gasteiger partial charge in [-0.2, -0.15) is 0 Å². The van der Waals surface area contributed by atoms with E-state index in [1.54, 1.807) is 0 Å². The second-order valence-electron chi connectivity index (χ2n) is 2.99. The van der Waals surface area contributed by atoms with E-state index in [0.717, 1.165) is 5.92 Å². The zero-order valence-corrected chi connectivity index (χ0v) is 6.49. The molecule has 0 aliphatic heterocycles. The molecule has 0 amide bonds. The summed E-state index contributed by atoms with van der Waals surface area (Å²) in [5.41, 5.74) is 0. The number of nitrogens with two attached hydrogens (primary N) is 1. The first kappa shape index (κ1) is 7.22. The summed E-state index contributed by atoms with van der Waals surface area (Å²) in [5, 5.41) is 5.12. The van der Waals surface area contributed by atoms with Crippen LogP contribution >= 0.6 is 0 Å². The highest BCUT2D eigenvalue weighted by Gasteiger charge is 2.25. The van der Waals surface area contributed by atoms with E-state index in [0.29, 0.717) is 11.7 Å². The molecule has 1 aliphatic rings. The van der Waals surface area contributed by atoms with E-state index in [4.69, 9.17) is 5.14 Å². The van der Waals surface area contributed by atoms with Crippen LogP contribution in [0.2, 0.25) is 0 Å². The fourth-order valence-corrected chi connectivity index (χ4v) is 2.17. The second kappa shape index (κ2) is 2.80. The normalized spacial score (nSPS) is 37.6. The topological polar surface area (TPSA) is 43.1 Å². The molecule has 0 bridgehead atoms. The molecule has 9 heavy (non-hydrogen) atoms. The first-order chi connectivity index (χ1) is 4.18. The van der Waals surface area contributed by atoms with Crippen molar-refractivity contribution in [2.45, 2.75) is 19.8 Å². The molecule has 3 heteroatoms. The van der Waals surface area contributed by atoms with Gasteiger partial charge in [0.2, 0.25) is 0 Å². The highest BCUT2D eigenvalue weighted by atomic mass is 32.2. The smallest absolute Gasteiger partial charge is 0.0890 e. The molecule has 0 aromatic rings. The van der Waals surface area contributed by atoms with Crippen molar-refractivity contribution in [3.63, 3.8) is 0 Å². The second-order valence-corrected chi connectivity index (χ2v) is 4.08. The lowest BCUT2D eigenvalue weighted by Crippen LogP contribution is -2.28. The largest absolute Gasteiger partial charge is 0.252 e. The quantitative estimate of drug-likeness (QED) is 0.612. The van der Waals surface area contributed by atoms with Crippen LogP contribution in [0.25, 0.3) is 0 Å². The van der Waals surface area contributed by atoms with Crippen LogP contribution in [0.5, 0.6) is 0 Å². The van der Waals surface area contributed by atoms with Crippen molar-refractivity contribution in [3.8, 4) is 0 Å². The van der Waals surface area contributed by atoms with Crippen molar-refractivity contribution in [3.05, 3.63) is 0 Å². The van der Waals surface area contributed by atoms with Crippen molar-refractivity contribution >= 4 is 11.0 Å². The third-order valence-corrected chi connectivity index (χ3v) is 2.67. The number of hydrogen-bond donors (Lipinski definition) is 1. The highest BCUT2D eigenvalue weighted by molar-refractivity contribution is 7.82. The Hall–Kier alpha value is 0.110. The Morgan fingerprint density at radius 2 is 2.22 bits per heavy atom. The predicted octanol–water partition coefficient (Wildman–Crippen LogP) is 0.655. The molecular formula is C6H13NOS. The molecule has 1 rings (SSSR count). The molecule has 1 fully saturated rings. The standard InChI is InChI=1S/C6H13NOS/c1-5-2-6(3-5)4-9(7)8/h5-6H,2-4,7H2,1H3. The molecule has 0 aromatic carbocycles. The van der Waals surface area contributed by atoms with Gasteiger partial charge in [0.15, 0.2) is 0 Å². The van der Waals surface area contributed by atoms with E-state index in [1.165, 1.54) is 12.8 Å². The van der Waals surface area contributed by atoms with Crippen molar-refractivity contribution in [2.24, 2.45) is 17.0 Å². The monoisotopic (exact) mass is 147 g/mol. The van der Waals surface area contributed by atoms with Gasteiger partial charge in [-0.15, -0.1) is 0 Å². The molecule has 1 saturated carbocycles. The molecule has 0 radical (unpaired) electrons. The Morgan fingerprint density at radius 1 is 1.67 bits per heavy atom. The maximum Gasteiger partial charge on any atom is 0.0890 e. The van der Waals surface area contributed by atoms with E-state index < -0.39 is 11.0 Å². The summed E-state index contributed by atoms with van der Waals surface area (Å²) in [6.45, 7) is 2.22. The lowest BCUT2D eigenvalue weighted by Gasteiger charge is -2.31. The van der Waals surface area contributed by atoms with Crippen LogP contribution in [-0.2, 0) is 11.0 Å². The van der Waals surface area contributed by atoms with E-state index in [-0.39, 0.29) is 0 Å². The van der Waals surface area contributed by atoms with Gasteiger partial charge in [-0.1, -0.05) is 6.92 Å². The first-order valence-corrected chi connectivity index (χ1v) is 4.69. The van der Waals surface area contributed by atoms with Gasteiger partial charge >= 0.3 is 0 Å². The maximum atomic E-state index is 10.4. The lowest BCUT2D eigenvalue weighted by atomic mass is 9.77. The summed E-state index contributed by atoms with van der Waals surface area (Å²) in [6, 6.07) is 0. The summed E-state index contributed by atoms with van der Waals surface area (Å²) >= 11 is 0. The molecule has 0 spiro atoms. The van der Waals surface area contributed by atoms with Crippen LogP contribution in [0, 0.1) is 11.8 Å². The molecule has 0 saturated heterocycles. The summed E-state index contributed by atoms with van der Waals surface area (Å²) in [7, 11) is -1.06. The highest BCUT2D eigenvalue weighted by Crippen LogP contribution is 2.32. The molecule has 0 heterocycles. The van der Waals surface area contributed by atoms with Crippen molar-refractivity contribution in [2.75, 3.05) is 5.75 Å². The minimum atomic E-state index is -1.06. The summed E-state index contributed by atoms with van der Waals surface area (Å²) in [4.78, 5) is 0. The van der Waals surface area contributed by atoms with E-state index >= 15 is 0 Å². The van der Waals surface area contributed by atoms with E-state index in [1.807, 2.05) is 0 Å². The van der Waals surface area contributed by atoms with Crippen LogP contribution in [0.15, 0.2) is 0 Å². The zero-order chi connectivity index (χ0) is 6.85. The summed E-state index contributed by atoms with van der Waals surface area (Å²) in [5.74, 6) is 2.22. The molecule has 1 unspecified atom stereocenters. The Kier molecular flexibility index (Phi) is 2.24. The molecule has 1 atom stereocenters. The van der Waals surface area contributed by atoms with Gasteiger partial charge in [0.1, 0.15) is 0 Å². The Labute approximate surface area is 58.4 Å². The predicted molar refractivity (Wildman–Crippen MR) is 39.1 cm³/mol. The van der Waals surface area contributed by atoms with Gasteiger partial charge in [-0.05, 0) is 24.7 Å². The fourth-order valence-electron chi connectivity index (χ4n) is 1.44. The molecule has 2 N–H and O–H groups in total. The van der Waals surface area contributed by atoms with Crippen molar-refractivity contribution in [1.82, 2.24) is 0 Å². The maximum absolute atomic E-state index is 10.4. The van der Waals surface area contributed by atoms with Crippen LogP contribution in [0.4, 0.5) is 0 Å². The van der Waals surface area contributed by atoms with Gasteiger partial charge in [-0.25, -0.2) is 4.21 Å². The first-order valence-electron chi connectivity index (χ1n) is 3.31. The van der Waals surface area contributed by atoms with E-state index in [9.17, 15) is 4.21 Å². The Morgan fingerprint density at radius 3 is 2.56 bits per heavy atom. The molecular weight excluding hydrogens is 134 g/mol. The van der Waals surface area contributed by atoms with Crippen LogP contribution in [0.3, 0.4) is 0 Å². The average molecular weight is 147 g/mol. The fraction of sp³-hybridized carbons (Fsp3) is 1.00. The minimum Gasteiger partial charge on any atom is -0.252 e. The number of hydrogen-bond acceptors (Lipinski definition) is 1. The van der Waals surface area contributed by atoms with Crippen molar-refractivity contribution < 1.29 is 4.21 Å². The van der Waals surface area contributed by atoms with Crippen LogP contribution < -0.4 is 5.14 Å². The molecule has 2 nitrogen and oxygen atoms in total. The number of rotatable bonds is 2. The van der Waals surface area contributed by atoms with Gasteiger partial charge in [0.25, 0.3) is 0 Å². The van der Waals surface area contributed by atoms with Gasteiger partial charge in [0.05, 0.1) is 11.0 Å². The third-order valence-electron chi connectivity index (χ3n) is 1.87. The van der Waals surface area contributed by atoms with Crippen molar-refractivity contribution in [1.29, 1.82) is 0 Å². The minimum absolute atomic E-state index is 0.658. The third kappa shape index (κ3) is 2.06. The van der Waals surface area contributed by atoms with Gasteiger partial charge in [0, 0.05) is 5.75 Å². The SMILES string of the molecule is CC1CC(CS(N)=O)C1. The summed E-state index contributed by atoms with van der Waals surface area (Å²) < 4.78 is 10.4. The van der Waals surface area contributed by atoms with Crippen LogP contribution in [0.1, 0.15) is 19.8 Å². The average Bonchev–Trinajstić information content (AvgIpc) is 1.60. The Bertz CT molecular complexity index is 120. The molecule has 0 aromatic heterocycles. The summed E-state index contributed by atoms with van der Waals surface area (Å²) in [6.07, 6.45) is 2.45. The molecule has 54 valence electrons.